The van der Waals surface area contributed by atoms with Gasteiger partial charge in [-0.15, -0.1) is 0 Å². The number of carbonyl (C=O) groups excluding carboxylic acids is 1. The normalized spacial score (nSPS) is 11.3. The number of hydrogen-bond acceptors (Lipinski definition) is 3. The Morgan fingerprint density at radius 3 is 2.47 bits per heavy atom. The van der Waals surface area contributed by atoms with Crippen LogP contribution in [0.25, 0.3) is 0 Å². The fourth-order valence-electron chi connectivity index (χ4n) is 1.20. The molecule has 0 spiro atoms. The maximum absolute atomic E-state index is 11.1. The van der Waals surface area contributed by atoms with Crippen LogP contribution in [0.3, 0.4) is 0 Å². The van der Waals surface area contributed by atoms with Crippen molar-refractivity contribution in [2.24, 2.45) is 10.7 Å². The molecule has 0 saturated heterocycles. The van der Waals surface area contributed by atoms with Crippen LogP contribution in [-0.2, 0) is 0 Å². The smallest absolute Gasteiger partial charge is 0.325 e. The summed E-state index contributed by atoms with van der Waals surface area (Å²) in [5.41, 5.74) is 6.14. The molecule has 5 heteroatoms. The van der Waals surface area contributed by atoms with E-state index < -0.39 is 6.03 Å². The first kappa shape index (κ1) is 13.6. The van der Waals surface area contributed by atoms with Crippen LogP contribution in [0.4, 0.5) is 10.5 Å². The Morgan fingerprint density at radius 2 is 2.00 bits per heavy atom. The molecule has 2 N–H and O–H groups in total. The maximum atomic E-state index is 11.1. The zero-order valence-corrected chi connectivity index (χ0v) is 10.9. The standard InChI is InChI=1S/C12H17N3OS/c1-3-11(17-15(4-2)12(13)16)14-10-8-6-5-7-9-10/h5-9H,3-4H2,1-2H3,(H2,13,16). The van der Waals surface area contributed by atoms with Crippen molar-refractivity contribution in [3.8, 4) is 0 Å². The number of aliphatic imine (C=N–C) groups is 1. The van der Waals surface area contributed by atoms with E-state index in [1.807, 2.05) is 44.2 Å². The number of carbonyl (C=O) groups is 1. The summed E-state index contributed by atoms with van der Waals surface area (Å²) >= 11 is 1.30. The monoisotopic (exact) mass is 251 g/mol. The van der Waals surface area contributed by atoms with Gasteiger partial charge in [0.2, 0.25) is 0 Å². The van der Waals surface area contributed by atoms with Crippen LogP contribution in [0.1, 0.15) is 20.3 Å². The maximum Gasteiger partial charge on any atom is 0.325 e. The van der Waals surface area contributed by atoms with Crippen molar-refractivity contribution < 1.29 is 4.79 Å². The highest BCUT2D eigenvalue weighted by Gasteiger charge is 2.11. The van der Waals surface area contributed by atoms with E-state index >= 15 is 0 Å². The number of amides is 2. The third-order valence-corrected chi connectivity index (χ3v) is 3.31. The van der Waals surface area contributed by atoms with E-state index in [1.54, 1.807) is 0 Å². The van der Waals surface area contributed by atoms with Crippen molar-refractivity contribution in [1.29, 1.82) is 0 Å². The van der Waals surface area contributed by atoms with Crippen molar-refractivity contribution in [3.63, 3.8) is 0 Å². The minimum atomic E-state index is -0.438. The molecule has 0 fully saturated rings. The van der Waals surface area contributed by atoms with Crippen LogP contribution < -0.4 is 5.73 Å². The van der Waals surface area contributed by atoms with Crippen LogP contribution in [0.2, 0.25) is 0 Å². The summed E-state index contributed by atoms with van der Waals surface area (Å²) in [6, 6.07) is 9.23. The van der Waals surface area contributed by atoms with Gasteiger partial charge in [0.1, 0.15) is 0 Å². The molecule has 0 saturated carbocycles. The Bertz CT molecular complexity index is 392. The topological polar surface area (TPSA) is 58.7 Å². The number of para-hydroxylation sites is 1. The first-order valence-electron chi connectivity index (χ1n) is 5.54. The first-order chi connectivity index (χ1) is 8.17. The van der Waals surface area contributed by atoms with Gasteiger partial charge in [0.05, 0.1) is 10.7 Å². The minimum absolute atomic E-state index is 0.438. The van der Waals surface area contributed by atoms with E-state index in [0.29, 0.717) is 6.54 Å². The molecule has 2 amide bonds. The predicted molar refractivity (Wildman–Crippen MR) is 73.4 cm³/mol. The molecule has 0 bridgehead atoms. The van der Waals surface area contributed by atoms with Gasteiger partial charge in [-0.1, -0.05) is 25.1 Å². The lowest BCUT2D eigenvalue weighted by atomic mass is 10.3. The van der Waals surface area contributed by atoms with E-state index in [-0.39, 0.29) is 0 Å². The Balaban J connectivity index is 2.78. The van der Waals surface area contributed by atoms with Gasteiger partial charge in [0.15, 0.2) is 0 Å². The molecular weight excluding hydrogens is 234 g/mol. The van der Waals surface area contributed by atoms with Gasteiger partial charge >= 0.3 is 6.03 Å². The Kier molecular flexibility index (Phi) is 5.56. The highest BCUT2D eigenvalue weighted by molar-refractivity contribution is 8.12. The third-order valence-electron chi connectivity index (χ3n) is 2.06. The Hall–Kier alpha value is -1.49. The van der Waals surface area contributed by atoms with Gasteiger partial charge in [0.25, 0.3) is 0 Å². The minimum Gasteiger partial charge on any atom is -0.351 e. The predicted octanol–water partition coefficient (Wildman–Crippen LogP) is 3.18. The second kappa shape index (κ2) is 6.96. The largest absolute Gasteiger partial charge is 0.351 e. The summed E-state index contributed by atoms with van der Waals surface area (Å²) < 4.78 is 1.49. The van der Waals surface area contributed by atoms with Crippen molar-refractivity contribution in [3.05, 3.63) is 30.3 Å². The molecule has 0 aliphatic heterocycles. The van der Waals surface area contributed by atoms with Crippen LogP contribution in [0.5, 0.6) is 0 Å². The molecule has 17 heavy (non-hydrogen) atoms. The molecule has 0 radical (unpaired) electrons. The second-order valence-corrected chi connectivity index (χ2v) is 4.41. The Morgan fingerprint density at radius 1 is 1.35 bits per heavy atom. The average molecular weight is 251 g/mol. The number of rotatable bonds is 3. The van der Waals surface area contributed by atoms with E-state index in [2.05, 4.69) is 4.99 Å². The van der Waals surface area contributed by atoms with Crippen LogP contribution in [0, 0.1) is 0 Å². The lowest BCUT2D eigenvalue weighted by molar-refractivity contribution is 0.236. The van der Waals surface area contributed by atoms with Crippen molar-refractivity contribution >= 4 is 28.7 Å². The summed E-state index contributed by atoms with van der Waals surface area (Å²) in [4.78, 5) is 15.6. The number of nitrogens with zero attached hydrogens (tertiary/aromatic N) is 2. The Labute approximate surface area is 106 Å². The number of benzene rings is 1. The summed E-state index contributed by atoms with van der Waals surface area (Å²) in [7, 11) is 0. The van der Waals surface area contributed by atoms with Gasteiger partial charge < -0.3 is 5.73 Å². The molecule has 0 aliphatic rings. The number of hydrogen-bond donors (Lipinski definition) is 1. The zero-order valence-electron chi connectivity index (χ0n) is 10.1. The summed E-state index contributed by atoms with van der Waals surface area (Å²) in [6.07, 6.45) is 0.767. The highest BCUT2D eigenvalue weighted by Crippen LogP contribution is 2.19. The average Bonchev–Trinajstić information content (AvgIpc) is 2.35. The quantitative estimate of drug-likeness (QED) is 0.509. The van der Waals surface area contributed by atoms with Gasteiger partial charge in [-0.3, -0.25) is 4.31 Å². The summed E-state index contributed by atoms with van der Waals surface area (Å²) in [5.74, 6) is 0. The first-order valence-corrected chi connectivity index (χ1v) is 6.32. The molecule has 0 heterocycles. The molecule has 4 nitrogen and oxygen atoms in total. The molecule has 0 unspecified atom stereocenters. The molecule has 92 valence electrons. The van der Waals surface area contributed by atoms with E-state index in [9.17, 15) is 4.79 Å². The van der Waals surface area contributed by atoms with Gasteiger partial charge in [0, 0.05) is 18.5 Å². The fourth-order valence-corrected chi connectivity index (χ4v) is 1.95. The zero-order chi connectivity index (χ0) is 12.7. The lowest BCUT2D eigenvalue weighted by Gasteiger charge is -2.16. The van der Waals surface area contributed by atoms with E-state index in [4.69, 9.17) is 5.73 Å². The molecule has 1 aromatic rings. The molecule has 1 aromatic carbocycles. The van der Waals surface area contributed by atoms with Gasteiger partial charge in [-0.25, -0.2) is 9.79 Å². The van der Waals surface area contributed by atoms with E-state index in [1.165, 1.54) is 16.3 Å². The van der Waals surface area contributed by atoms with Crippen molar-refractivity contribution in [1.82, 2.24) is 4.31 Å². The highest BCUT2D eigenvalue weighted by atomic mass is 32.2. The summed E-state index contributed by atoms with van der Waals surface area (Å²) in [5, 5.41) is 0.872. The molecular formula is C12H17N3OS. The number of nitrogens with two attached hydrogens (primary N) is 1. The van der Waals surface area contributed by atoms with Gasteiger partial charge in [-0.05, 0) is 25.5 Å². The third kappa shape index (κ3) is 4.48. The van der Waals surface area contributed by atoms with Crippen molar-refractivity contribution in [2.75, 3.05) is 6.54 Å². The summed E-state index contributed by atoms with van der Waals surface area (Å²) in [6.45, 7) is 4.45. The number of urea groups is 1. The van der Waals surface area contributed by atoms with Gasteiger partial charge in [-0.2, -0.15) is 0 Å². The number of primary amides is 1. The SMILES string of the molecule is CCC(=Nc1ccccc1)SN(CC)C(N)=O. The van der Waals surface area contributed by atoms with Crippen LogP contribution in [0.15, 0.2) is 35.3 Å². The molecule has 0 aliphatic carbocycles. The van der Waals surface area contributed by atoms with Crippen LogP contribution >= 0.6 is 11.9 Å². The second-order valence-electron chi connectivity index (χ2n) is 3.32. The fraction of sp³-hybridized carbons (Fsp3) is 0.333. The molecule has 0 aromatic heterocycles. The lowest BCUT2D eigenvalue weighted by Crippen LogP contribution is -2.30. The molecule has 1 rings (SSSR count). The van der Waals surface area contributed by atoms with Crippen molar-refractivity contribution in [2.45, 2.75) is 20.3 Å². The van der Waals surface area contributed by atoms with Crippen LogP contribution in [-0.4, -0.2) is 21.9 Å². The van der Waals surface area contributed by atoms with E-state index in [0.717, 1.165) is 17.2 Å². The molecule has 0 atom stereocenters.